The molecule has 0 aromatic carbocycles. The molecule has 0 radical (unpaired) electrons. The first-order valence-corrected chi connectivity index (χ1v) is 7.47. The maximum absolute atomic E-state index is 5.90. The minimum absolute atomic E-state index is 0.511. The van der Waals surface area contributed by atoms with E-state index in [0.717, 1.165) is 27.9 Å². The molecule has 0 amide bonds. The first kappa shape index (κ1) is 13.0. The number of nitrogens with zero attached hydrogens (tertiary/aromatic N) is 3. The molecule has 3 aromatic rings. The Balaban J connectivity index is 2.05. The Labute approximate surface area is 121 Å². The largest absolute Gasteiger partial charge is 0.384 e. The van der Waals surface area contributed by atoms with Crippen LogP contribution in [0.4, 0.5) is 5.82 Å². The molecule has 0 fully saturated rings. The summed E-state index contributed by atoms with van der Waals surface area (Å²) in [6.07, 6.45) is 2.71. The molecule has 2 N–H and O–H groups in total. The number of aromatic nitrogens is 3. The zero-order valence-corrected chi connectivity index (χ0v) is 12.3. The van der Waals surface area contributed by atoms with Crippen molar-refractivity contribution in [3.8, 4) is 11.4 Å². The number of hydrogen-bond donors (Lipinski definition) is 1. The molecule has 5 heteroatoms. The van der Waals surface area contributed by atoms with Crippen LogP contribution in [0.3, 0.4) is 0 Å². The molecule has 0 bridgehead atoms. The lowest BCUT2D eigenvalue weighted by atomic mass is 10.1. The van der Waals surface area contributed by atoms with Gasteiger partial charge in [-0.2, -0.15) is 0 Å². The van der Waals surface area contributed by atoms with Crippen LogP contribution in [0.25, 0.3) is 21.6 Å². The van der Waals surface area contributed by atoms with Crippen molar-refractivity contribution < 1.29 is 0 Å². The van der Waals surface area contributed by atoms with E-state index in [2.05, 4.69) is 34.9 Å². The first-order chi connectivity index (χ1) is 9.61. The molecule has 0 atom stereocenters. The zero-order chi connectivity index (χ0) is 14.1. The van der Waals surface area contributed by atoms with Gasteiger partial charge in [-0.3, -0.25) is 4.98 Å². The molecule has 0 spiro atoms. The molecule has 3 heterocycles. The SMILES string of the molecule is CC(C)Cc1cc(N)nc(-c2cnc3ccsc3c2)n1. The van der Waals surface area contributed by atoms with Gasteiger partial charge in [0.05, 0.1) is 10.2 Å². The van der Waals surface area contributed by atoms with Gasteiger partial charge >= 0.3 is 0 Å². The van der Waals surface area contributed by atoms with E-state index in [-0.39, 0.29) is 0 Å². The maximum atomic E-state index is 5.90. The van der Waals surface area contributed by atoms with Crippen LogP contribution in [0.1, 0.15) is 19.5 Å². The molecule has 0 saturated carbocycles. The Bertz CT molecular complexity index is 748. The van der Waals surface area contributed by atoms with Crippen molar-refractivity contribution in [2.45, 2.75) is 20.3 Å². The molecular weight excluding hydrogens is 268 g/mol. The average molecular weight is 284 g/mol. The van der Waals surface area contributed by atoms with Crippen LogP contribution in [0.5, 0.6) is 0 Å². The fourth-order valence-corrected chi connectivity index (χ4v) is 2.92. The predicted octanol–water partition coefficient (Wildman–Crippen LogP) is 3.53. The number of hydrogen-bond acceptors (Lipinski definition) is 5. The zero-order valence-electron chi connectivity index (χ0n) is 11.5. The summed E-state index contributed by atoms with van der Waals surface area (Å²) in [5.74, 6) is 1.70. The predicted molar refractivity (Wildman–Crippen MR) is 83.6 cm³/mol. The maximum Gasteiger partial charge on any atom is 0.163 e. The fraction of sp³-hybridized carbons (Fsp3) is 0.267. The van der Waals surface area contributed by atoms with Gasteiger partial charge in [0, 0.05) is 23.5 Å². The third-order valence-corrected chi connectivity index (χ3v) is 3.83. The van der Waals surface area contributed by atoms with E-state index in [9.17, 15) is 0 Å². The molecule has 102 valence electrons. The number of nitrogens with two attached hydrogens (primary N) is 1. The lowest BCUT2D eigenvalue weighted by molar-refractivity contribution is 0.635. The van der Waals surface area contributed by atoms with Crippen LogP contribution in [0.2, 0.25) is 0 Å². The van der Waals surface area contributed by atoms with E-state index in [1.165, 1.54) is 0 Å². The van der Waals surface area contributed by atoms with Crippen molar-refractivity contribution in [3.05, 3.63) is 35.5 Å². The second-order valence-electron chi connectivity index (χ2n) is 5.23. The van der Waals surface area contributed by atoms with Crippen molar-refractivity contribution in [1.29, 1.82) is 0 Å². The van der Waals surface area contributed by atoms with Gasteiger partial charge in [0.15, 0.2) is 5.82 Å². The Morgan fingerprint density at radius 3 is 2.90 bits per heavy atom. The number of pyridine rings is 1. The van der Waals surface area contributed by atoms with Crippen molar-refractivity contribution >= 4 is 27.4 Å². The molecule has 4 nitrogen and oxygen atoms in total. The Morgan fingerprint density at radius 1 is 1.25 bits per heavy atom. The van der Waals surface area contributed by atoms with Gasteiger partial charge in [-0.1, -0.05) is 13.8 Å². The Hall–Kier alpha value is -2.01. The lowest BCUT2D eigenvalue weighted by Gasteiger charge is -2.07. The first-order valence-electron chi connectivity index (χ1n) is 6.59. The number of nitrogen functional groups attached to an aromatic ring is 1. The summed E-state index contributed by atoms with van der Waals surface area (Å²) < 4.78 is 1.14. The number of fused-ring (bicyclic) bond motifs is 1. The summed E-state index contributed by atoms with van der Waals surface area (Å²) in [7, 11) is 0. The van der Waals surface area contributed by atoms with E-state index in [1.54, 1.807) is 11.3 Å². The monoisotopic (exact) mass is 284 g/mol. The molecule has 0 aliphatic rings. The molecule has 3 aromatic heterocycles. The Morgan fingerprint density at radius 2 is 2.10 bits per heavy atom. The molecular formula is C15H16N4S. The van der Waals surface area contributed by atoms with E-state index < -0.39 is 0 Å². The molecule has 0 unspecified atom stereocenters. The molecule has 0 saturated heterocycles. The number of thiophene rings is 1. The van der Waals surface area contributed by atoms with Gasteiger partial charge in [-0.15, -0.1) is 11.3 Å². The summed E-state index contributed by atoms with van der Waals surface area (Å²) in [6, 6.07) is 5.93. The van der Waals surface area contributed by atoms with Crippen LogP contribution in [0.15, 0.2) is 29.8 Å². The van der Waals surface area contributed by atoms with Crippen LogP contribution in [-0.4, -0.2) is 15.0 Å². The van der Waals surface area contributed by atoms with Crippen LogP contribution in [-0.2, 0) is 6.42 Å². The average Bonchev–Trinajstić information content (AvgIpc) is 2.84. The molecule has 0 aliphatic carbocycles. The van der Waals surface area contributed by atoms with Crippen molar-refractivity contribution in [1.82, 2.24) is 15.0 Å². The van der Waals surface area contributed by atoms with Crippen LogP contribution < -0.4 is 5.73 Å². The lowest BCUT2D eigenvalue weighted by Crippen LogP contribution is -2.03. The summed E-state index contributed by atoms with van der Waals surface area (Å²) in [5, 5.41) is 2.03. The van der Waals surface area contributed by atoms with Crippen molar-refractivity contribution in [3.63, 3.8) is 0 Å². The van der Waals surface area contributed by atoms with E-state index in [4.69, 9.17) is 5.73 Å². The van der Waals surface area contributed by atoms with E-state index >= 15 is 0 Å². The number of anilines is 1. The fourth-order valence-electron chi connectivity index (χ4n) is 2.14. The van der Waals surface area contributed by atoms with Gasteiger partial charge in [-0.25, -0.2) is 9.97 Å². The summed E-state index contributed by atoms with van der Waals surface area (Å²) in [4.78, 5) is 13.4. The van der Waals surface area contributed by atoms with Crippen LogP contribution >= 0.6 is 11.3 Å². The number of rotatable bonds is 3. The highest BCUT2D eigenvalue weighted by Crippen LogP contribution is 2.24. The minimum atomic E-state index is 0.511. The highest BCUT2D eigenvalue weighted by atomic mass is 32.1. The highest BCUT2D eigenvalue weighted by Gasteiger charge is 2.08. The van der Waals surface area contributed by atoms with Gasteiger partial charge in [0.1, 0.15) is 5.82 Å². The quantitative estimate of drug-likeness (QED) is 0.799. The molecule has 3 rings (SSSR count). The second-order valence-corrected chi connectivity index (χ2v) is 6.18. The highest BCUT2D eigenvalue weighted by molar-refractivity contribution is 7.17. The van der Waals surface area contributed by atoms with Gasteiger partial charge in [0.2, 0.25) is 0 Å². The third-order valence-electron chi connectivity index (χ3n) is 2.98. The summed E-state index contributed by atoms with van der Waals surface area (Å²) >= 11 is 1.67. The van der Waals surface area contributed by atoms with E-state index in [1.807, 2.05) is 23.7 Å². The normalized spacial score (nSPS) is 11.3. The third kappa shape index (κ3) is 2.63. The van der Waals surface area contributed by atoms with Gasteiger partial charge in [-0.05, 0) is 29.9 Å². The topological polar surface area (TPSA) is 64.7 Å². The summed E-state index contributed by atoms with van der Waals surface area (Å²) in [5.41, 5.74) is 8.80. The molecule has 0 aliphatic heterocycles. The molecule has 20 heavy (non-hydrogen) atoms. The van der Waals surface area contributed by atoms with Gasteiger partial charge in [0.25, 0.3) is 0 Å². The van der Waals surface area contributed by atoms with Crippen molar-refractivity contribution in [2.24, 2.45) is 5.92 Å². The van der Waals surface area contributed by atoms with Crippen molar-refractivity contribution in [2.75, 3.05) is 5.73 Å². The minimum Gasteiger partial charge on any atom is -0.384 e. The summed E-state index contributed by atoms with van der Waals surface area (Å²) in [6.45, 7) is 4.33. The van der Waals surface area contributed by atoms with E-state index in [0.29, 0.717) is 17.6 Å². The second kappa shape index (κ2) is 5.17. The standard InChI is InChI=1S/C15H16N4S/c1-9(2)5-11-7-14(16)19-15(18-11)10-6-13-12(17-8-10)3-4-20-13/h3-4,6-9H,5H2,1-2H3,(H2,16,18,19). The smallest absolute Gasteiger partial charge is 0.163 e. The van der Waals surface area contributed by atoms with Gasteiger partial charge < -0.3 is 5.73 Å². The van der Waals surface area contributed by atoms with Crippen LogP contribution in [0, 0.1) is 5.92 Å². The Kier molecular flexibility index (Phi) is 3.36.